The lowest BCUT2D eigenvalue weighted by atomic mass is 10.1. The van der Waals surface area contributed by atoms with Crippen molar-refractivity contribution in [1.82, 2.24) is 5.32 Å². The predicted octanol–water partition coefficient (Wildman–Crippen LogP) is 2.54. The van der Waals surface area contributed by atoms with Crippen LogP contribution < -0.4 is 5.32 Å². The second-order valence-corrected chi connectivity index (χ2v) is 5.09. The predicted molar refractivity (Wildman–Crippen MR) is 75.6 cm³/mol. The van der Waals surface area contributed by atoms with E-state index in [4.69, 9.17) is 21.4 Å². The lowest BCUT2D eigenvalue weighted by Crippen LogP contribution is -2.34. The van der Waals surface area contributed by atoms with E-state index in [9.17, 15) is 14.0 Å². The van der Waals surface area contributed by atoms with Gasteiger partial charge in [-0.3, -0.25) is 4.79 Å². The molecule has 2 N–H and O–H groups in total. The number of benzene rings is 1. The molecule has 0 bridgehead atoms. The van der Waals surface area contributed by atoms with E-state index in [1.54, 1.807) is 0 Å². The summed E-state index contributed by atoms with van der Waals surface area (Å²) < 4.78 is 18.6. The molecule has 0 fully saturated rings. The van der Waals surface area contributed by atoms with Crippen molar-refractivity contribution in [3.8, 4) is 0 Å². The summed E-state index contributed by atoms with van der Waals surface area (Å²) >= 11 is 5.54. The van der Waals surface area contributed by atoms with Gasteiger partial charge in [-0.15, -0.1) is 0 Å². The molecule has 1 amide bonds. The molecule has 0 aromatic heterocycles. The Kier molecular flexibility index (Phi) is 6.58. The molecule has 1 aromatic carbocycles. The minimum Gasteiger partial charge on any atom is -0.479 e. The minimum atomic E-state index is -1.33. The summed E-state index contributed by atoms with van der Waals surface area (Å²) in [5, 5.41) is 11.4. The highest BCUT2D eigenvalue weighted by Gasteiger charge is 2.22. The highest BCUT2D eigenvalue weighted by Crippen LogP contribution is 2.20. The van der Waals surface area contributed by atoms with Gasteiger partial charge in [0.15, 0.2) is 6.04 Å². The number of rotatable bonds is 7. The fourth-order valence-corrected chi connectivity index (χ4v) is 1.72. The first-order valence-corrected chi connectivity index (χ1v) is 6.77. The third-order valence-electron chi connectivity index (χ3n) is 2.61. The molecule has 0 aliphatic carbocycles. The number of carboxylic acids is 1. The molecule has 1 aromatic rings. The number of carbonyl (C=O) groups is 2. The van der Waals surface area contributed by atoms with Gasteiger partial charge in [-0.05, 0) is 31.5 Å². The van der Waals surface area contributed by atoms with Crippen molar-refractivity contribution in [2.75, 3.05) is 6.61 Å². The van der Waals surface area contributed by atoms with Crippen LogP contribution in [0.3, 0.4) is 0 Å². The van der Waals surface area contributed by atoms with E-state index >= 15 is 0 Å². The van der Waals surface area contributed by atoms with Crippen molar-refractivity contribution in [3.63, 3.8) is 0 Å². The van der Waals surface area contributed by atoms with E-state index < -0.39 is 23.7 Å². The average Bonchev–Trinajstić information content (AvgIpc) is 2.38. The Labute approximate surface area is 127 Å². The maximum absolute atomic E-state index is 13.4. The Balaban J connectivity index is 2.71. The van der Waals surface area contributed by atoms with Crippen molar-refractivity contribution < 1.29 is 23.8 Å². The monoisotopic (exact) mass is 317 g/mol. The number of ether oxygens (including phenoxy) is 1. The molecule has 5 nitrogen and oxygen atoms in total. The third kappa shape index (κ3) is 5.69. The number of halogens is 2. The molecule has 0 aliphatic heterocycles. The Hall–Kier alpha value is -1.66. The average molecular weight is 318 g/mol. The zero-order valence-corrected chi connectivity index (χ0v) is 12.5. The Bertz CT molecular complexity index is 522. The number of aliphatic carboxylic acids is 1. The Morgan fingerprint density at radius 2 is 2.10 bits per heavy atom. The summed E-state index contributed by atoms with van der Waals surface area (Å²) in [6.07, 6.45) is 0.0105. The molecule has 21 heavy (non-hydrogen) atoms. The van der Waals surface area contributed by atoms with Crippen LogP contribution in [0, 0.1) is 5.82 Å². The molecule has 1 unspecified atom stereocenters. The largest absolute Gasteiger partial charge is 0.479 e. The second-order valence-electron chi connectivity index (χ2n) is 4.68. The number of carbonyl (C=O) groups excluding carboxylic acids is 1. The van der Waals surface area contributed by atoms with Gasteiger partial charge in [-0.1, -0.05) is 17.7 Å². The van der Waals surface area contributed by atoms with E-state index in [1.807, 2.05) is 13.8 Å². The van der Waals surface area contributed by atoms with Gasteiger partial charge < -0.3 is 15.2 Å². The van der Waals surface area contributed by atoms with Crippen LogP contribution in [0.15, 0.2) is 18.2 Å². The van der Waals surface area contributed by atoms with E-state index in [1.165, 1.54) is 12.1 Å². The molecule has 1 rings (SSSR count). The number of carboxylic acid groups (broad SMARTS) is 1. The number of hydrogen-bond donors (Lipinski definition) is 2. The first kappa shape index (κ1) is 17.4. The van der Waals surface area contributed by atoms with Crippen molar-refractivity contribution in [2.45, 2.75) is 32.4 Å². The van der Waals surface area contributed by atoms with Crippen molar-refractivity contribution in [3.05, 3.63) is 34.6 Å². The topological polar surface area (TPSA) is 75.6 Å². The lowest BCUT2D eigenvalue weighted by Gasteiger charge is -2.15. The summed E-state index contributed by atoms with van der Waals surface area (Å²) in [6.45, 7) is 3.84. The number of amides is 1. The smallest absolute Gasteiger partial charge is 0.330 e. The van der Waals surface area contributed by atoms with Crippen LogP contribution in [0.25, 0.3) is 0 Å². The maximum Gasteiger partial charge on any atom is 0.330 e. The van der Waals surface area contributed by atoms with Crippen LogP contribution >= 0.6 is 11.6 Å². The summed E-state index contributed by atoms with van der Waals surface area (Å²) in [7, 11) is 0. The first-order chi connectivity index (χ1) is 9.81. The molecule has 0 heterocycles. The van der Waals surface area contributed by atoms with Crippen LogP contribution in [0.2, 0.25) is 5.02 Å². The van der Waals surface area contributed by atoms with Crippen LogP contribution in [0.1, 0.15) is 31.9 Å². The molecule has 0 spiro atoms. The van der Waals surface area contributed by atoms with Crippen molar-refractivity contribution in [1.29, 1.82) is 0 Å². The van der Waals surface area contributed by atoms with E-state index in [0.29, 0.717) is 0 Å². The van der Waals surface area contributed by atoms with Gasteiger partial charge in [0.25, 0.3) is 0 Å². The quantitative estimate of drug-likeness (QED) is 0.810. The number of hydrogen-bond acceptors (Lipinski definition) is 3. The molecule has 0 aliphatic rings. The van der Waals surface area contributed by atoms with Gasteiger partial charge in [0.05, 0.1) is 24.2 Å². The molecule has 7 heteroatoms. The van der Waals surface area contributed by atoms with E-state index in [0.717, 1.165) is 6.07 Å². The molecule has 0 radical (unpaired) electrons. The number of nitrogens with one attached hydrogen (secondary N) is 1. The van der Waals surface area contributed by atoms with Gasteiger partial charge in [-0.2, -0.15) is 0 Å². The van der Waals surface area contributed by atoms with Gasteiger partial charge >= 0.3 is 5.97 Å². The minimum absolute atomic E-state index is 0.0153. The molecule has 0 saturated heterocycles. The third-order valence-corrected chi connectivity index (χ3v) is 2.92. The fourth-order valence-electron chi connectivity index (χ4n) is 1.60. The molecular formula is C14H17ClFNO4. The van der Waals surface area contributed by atoms with Gasteiger partial charge in [0.1, 0.15) is 5.82 Å². The molecule has 1 atom stereocenters. The zero-order chi connectivity index (χ0) is 16.0. The maximum atomic E-state index is 13.4. The van der Waals surface area contributed by atoms with E-state index in [2.05, 4.69) is 5.32 Å². The summed E-state index contributed by atoms with van der Waals surface area (Å²) in [6, 6.07) is 2.26. The normalized spacial score (nSPS) is 12.2. The van der Waals surface area contributed by atoms with Crippen LogP contribution in [-0.2, 0) is 14.3 Å². The van der Waals surface area contributed by atoms with Crippen molar-refractivity contribution >= 4 is 23.5 Å². The zero-order valence-electron chi connectivity index (χ0n) is 11.7. The summed E-state index contributed by atoms with van der Waals surface area (Å²) in [5.74, 6) is -2.51. The molecular weight excluding hydrogens is 301 g/mol. The van der Waals surface area contributed by atoms with Crippen LogP contribution in [-0.4, -0.2) is 29.7 Å². The summed E-state index contributed by atoms with van der Waals surface area (Å²) in [4.78, 5) is 22.9. The van der Waals surface area contributed by atoms with Gasteiger partial charge in [0.2, 0.25) is 5.91 Å². The Morgan fingerprint density at radius 1 is 1.43 bits per heavy atom. The van der Waals surface area contributed by atoms with E-state index in [-0.39, 0.29) is 29.7 Å². The molecule has 0 saturated carbocycles. The lowest BCUT2D eigenvalue weighted by molar-refractivity contribution is -0.142. The first-order valence-electron chi connectivity index (χ1n) is 6.40. The molecule has 116 valence electrons. The van der Waals surface area contributed by atoms with Crippen LogP contribution in [0.5, 0.6) is 0 Å². The standard InChI is InChI=1S/C14H17ClFNO4/c1-8(2)21-6-5-12(18)17-13(14(19)20)9-3-4-10(15)11(16)7-9/h3-4,7-8,13H,5-6H2,1-2H3,(H,17,18)(H,19,20). The Morgan fingerprint density at radius 3 is 2.62 bits per heavy atom. The highest BCUT2D eigenvalue weighted by molar-refractivity contribution is 6.30. The highest BCUT2D eigenvalue weighted by atomic mass is 35.5. The summed E-state index contributed by atoms with van der Waals surface area (Å²) in [5.41, 5.74) is 0.113. The SMILES string of the molecule is CC(C)OCCC(=O)NC(C(=O)O)c1ccc(Cl)c(F)c1. The van der Waals surface area contributed by atoms with Gasteiger partial charge in [-0.25, -0.2) is 9.18 Å². The van der Waals surface area contributed by atoms with Gasteiger partial charge in [0, 0.05) is 0 Å². The van der Waals surface area contributed by atoms with Crippen LogP contribution in [0.4, 0.5) is 4.39 Å². The fraction of sp³-hybridized carbons (Fsp3) is 0.429. The van der Waals surface area contributed by atoms with Crippen molar-refractivity contribution in [2.24, 2.45) is 0 Å². The second kappa shape index (κ2) is 7.95.